The van der Waals surface area contributed by atoms with Crippen LogP contribution in [0.15, 0.2) is 96.5 Å². The van der Waals surface area contributed by atoms with E-state index in [0.29, 0.717) is 22.6 Å². The molecule has 5 aromatic rings. The fourth-order valence-electron chi connectivity index (χ4n) is 4.80. The number of sulfone groups is 1. The van der Waals surface area contributed by atoms with E-state index in [4.69, 9.17) is 27.2 Å². The van der Waals surface area contributed by atoms with Crippen LogP contribution in [0.4, 0.5) is 28.7 Å². The Labute approximate surface area is 331 Å². The molecule has 5 rings (SSSR count). The average Bonchev–Trinajstić information content (AvgIpc) is 3.16. The number of nitrogens with zero attached hydrogens (tertiary/aromatic N) is 6. The first kappa shape index (κ1) is 42.8. The second-order valence-electron chi connectivity index (χ2n) is 11.2. The third kappa shape index (κ3) is 11.4. The lowest BCUT2D eigenvalue weighted by Crippen LogP contribution is -2.26. The molecule has 1 aromatic heterocycles. The molecule has 0 aliphatic heterocycles. The summed E-state index contributed by atoms with van der Waals surface area (Å²) in [5, 5.41) is 58.9. The number of phenols is 1. The summed E-state index contributed by atoms with van der Waals surface area (Å²) in [6, 6.07) is 15.6. The molecule has 21 nitrogen and oxygen atoms in total. The minimum absolute atomic E-state index is 0.0169. The first-order valence-electron chi connectivity index (χ1n) is 15.4. The molecule has 1 heterocycles. The van der Waals surface area contributed by atoms with Gasteiger partial charge in [-0.3, -0.25) is 9.45 Å². The van der Waals surface area contributed by atoms with Crippen molar-refractivity contribution in [3.63, 3.8) is 0 Å². The lowest BCUT2D eigenvalue weighted by Gasteiger charge is -2.15. The summed E-state index contributed by atoms with van der Waals surface area (Å²) in [6.07, 6.45) is 0. The zero-order valence-corrected chi connectivity index (χ0v) is 32.4. The van der Waals surface area contributed by atoms with E-state index >= 15 is 0 Å². The van der Waals surface area contributed by atoms with Gasteiger partial charge in [0.25, 0.3) is 10.1 Å². The largest absolute Gasteiger partial charge is 0.505 e. The van der Waals surface area contributed by atoms with Crippen LogP contribution in [-0.2, 0) is 45.2 Å². The van der Waals surface area contributed by atoms with E-state index in [1.54, 1.807) is 31.3 Å². The number of phenolic OH excluding ortho intramolecular Hbond substituents is 1. The maximum absolute atomic E-state index is 12.7. The highest BCUT2D eigenvalue weighted by Gasteiger charge is 2.25. The van der Waals surface area contributed by atoms with Crippen LogP contribution in [0.5, 0.6) is 5.75 Å². The van der Waals surface area contributed by atoms with Gasteiger partial charge in [-0.05, 0) is 84.7 Å². The van der Waals surface area contributed by atoms with Gasteiger partial charge in [0.2, 0.25) is 11.2 Å². The highest BCUT2D eigenvalue weighted by molar-refractivity contribution is 7.94. The molecular formula is C30H29ClN8O13S4. The molecule has 298 valence electrons. The second-order valence-corrected chi connectivity index (χ2v) is 16.5. The van der Waals surface area contributed by atoms with Crippen molar-refractivity contribution in [1.29, 1.82) is 0 Å². The number of aliphatic hydroxyl groups is 1. The summed E-state index contributed by atoms with van der Waals surface area (Å²) in [7, 11) is -7.22. The molecule has 7 N–H and O–H groups in total. The standard InChI is InChI=1S/C30H29ClN8O13S4/c1-39(16-40)9-10-55(44,45)22-7-5-18(6-8-22)37-38-27-24(56(46,47)48)12-17-11-21(54-52-50-43)14-23(26(17)28(27)41)32-15-25-34-29(31)36-30(35-25)33-19-3-2-4-20(13-19)53-51-49-42/h2-8,11-14,32,40-43H,9-10,15-16H2,1H3,(H,46,47,48)(H,33,34,35,36). The molecule has 0 radical (unpaired) electrons. The van der Waals surface area contributed by atoms with Crippen molar-refractivity contribution in [3.8, 4) is 5.75 Å². The first-order chi connectivity index (χ1) is 26.7. The van der Waals surface area contributed by atoms with Crippen molar-refractivity contribution >= 4 is 95.1 Å². The number of rotatable bonds is 19. The van der Waals surface area contributed by atoms with Crippen LogP contribution >= 0.6 is 35.7 Å². The fourth-order valence-corrected chi connectivity index (χ4v) is 7.84. The smallest absolute Gasteiger partial charge is 0.296 e. The molecule has 56 heavy (non-hydrogen) atoms. The molecule has 0 aliphatic rings. The number of hydrogen-bond acceptors (Lipinski definition) is 22. The highest BCUT2D eigenvalue weighted by atomic mass is 35.5. The number of nitrogens with one attached hydrogen (secondary N) is 2. The fraction of sp³-hybridized carbons (Fsp3) is 0.167. The Kier molecular flexibility index (Phi) is 14.7. The van der Waals surface area contributed by atoms with Crippen molar-refractivity contribution < 1.29 is 60.9 Å². The first-order valence-corrected chi connectivity index (χ1v) is 20.3. The molecule has 26 heteroatoms. The quantitative estimate of drug-likeness (QED) is 0.0127. The number of azo groups is 1. The van der Waals surface area contributed by atoms with Crippen LogP contribution in [0.1, 0.15) is 5.82 Å². The minimum Gasteiger partial charge on any atom is -0.505 e. The molecule has 4 aromatic carbocycles. The number of aromatic nitrogens is 3. The number of fused-ring (bicyclic) bond motifs is 1. The summed E-state index contributed by atoms with van der Waals surface area (Å²) in [4.78, 5) is 13.9. The van der Waals surface area contributed by atoms with Crippen LogP contribution in [0, 0.1) is 0 Å². The van der Waals surface area contributed by atoms with Gasteiger partial charge in [0.15, 0.2) is 21.4 Å². The Hall–Kier alpha value is -4.32. The van der Waals surface area contributed by atoms with Gasteiger partial charge in [-0.25, -0.2) is 23.9 Å². The number of aliphatic hydroxyl groups excluding tert-OH is 1. The number of aromatic hydroxyl groups is 1. The summed E-state index contributed by atoms with van der Waals surface area (Å²) in [5.74, 6) is -0.881. The lowest BCUT2D eigenvalue weighted by atomic mass is 10.1. The van der Waals surface area contributed by atoms with Crippen molar-refractivity contribution in [3.05, 3.63) is 77.8 Å². The monoisotopic (exact) mass is 872 g/mol. The molecule has 0 bridgehead atoms. The summed E-state index contributed by atoms with van der Waals surface area (Å²) in [6.45, 7) is -0.413. The summed E-state index contributed by atoms with van der Waals surface area (Å²) < 4.78 is 69.7. The maximum Gasteiger partial charge on any atom is 0.296 e. The van der Waals surface area contributed by atoms with E-state index in [1.165, 1.54) is 41.3 Å². The summed E-state index contributed by atoms with van der Waals surface area (Å²) in [5.41, 5.74) is 0.0282. The van der Waals surface area contributed by atoms with Gasteiger partial charge in [-0.1, -0.05) is 16.1 Å². The van der Waals surface area contributed by atoms with E-state index in [2.05, 4.69) is 54.6 Å². The Bertz CT molecular complexity index is 2430. The Morgan fingerprint density at radius 3 is 2.30 bits per heavy atom. The molecule has 0 unspecified atom stereocenters. The van der Waals surface area contributed by atoms with E-state index in [-0.39, 0.29) is 74.6 Å². The SMILES string of the molecule is CN(CO)CCS(=O)(=O)c1ccc(N=Nc2c(S(=O)(=O)O)cc3cc(SOOO)cc(NCc4nc(Cl)nc(Nc5cccc(SOOO)c5)n4)c3c2O)cc1. The normalized spacial score (nSPS) is 12.2. The third-order valence-corrected chi connectivity index (χ3v) is 11.2. The predicted molar refractivity (Wildman–Crippen MR) is 201 cm³/mol. The van der Waals surface area contributed by atoms with Gasteiger partial charge in [-0.15, -0.1) is 13.8 Å². The lowest BCUT2D eigenvalue weighted by molar-refractivity contribution is -0.432. The van der Waals surface area contributed by atoms with Crippen LogP contribution in [0.2, 0.25) is 5.28 Å². The Morgan fingerprint density at radius 1 is 0.911 bits per heavy atom. The van der Waals surface area contributed by atoms with E-state index in [1.807, 2.05) is 0 Å². The van der Waals surface area contributed by atoms with Gasteiger partial charge in [0.05, 0.1) is 53.7 Å². The maximum atomic E-state index is 12.7. The zero-order valence-electron chi connectivity index (χ0n) is 28.4. The van der Waals surface area contributed by atoms with E-state index in [9.17, 15) is 26.5 Å². The van der Waals surface area contributed by atoms with E-state index < -0.39 is 36.3 Å². The number of hydrogen-bond donors (Lipinski definition) is 7. The molecule has 0 saturated carbocycles. The Morgan fingerprint density at radius 2 is 1.62 bits per heavy atom. The molecule has 0 spiro atoms. The molecule has 0 saturated heterocycles. The van der Waals surface area contributed by atoms with Gasteiger partial charge in [-0.2, -0.15) is 23.5 Å². The van der Waals surface area contributed by atoms with Gasteiger partial charge < -0.3 is 20.8 Å². The van der Waals surface area contributed by atoms with Gasteiger partial charge in [0.1, 0.15) is 10.6 Å². The van der Waals surface area contributed by atoms with Gasteiger partial charge >= 0.3 is 0 Å². The van der Waals surface area contributed by atoms with Crippen LogP contribution in [0.3, 0.4) is 0 Å². The van der Waals surface area contributed by atoms with Crippen molar-refractivity contribution in [2.45, 2.75) is 26.1 Å². The predicted octanol–water partition coefficient (Wildman–Crippen LogP) is 5.91. The average molecular weight is 873 g/mol. The zero-order chi connectivity index (χ0) is 40.5. The van der Waals surface area contributed by atoms with E-state index in [0.717, 1.165) is 18.1 Å². The topological polar surface area (TPSA) is 297 Å². The van der Waals surface area contributed by atoms with Crippen molar-refractivity contribution in [2.75, 3.05) is 36.7 Å². The molecule has 0 fully saturated rings. The Balaban J connectivity index is 1.49. The number of anilines is 3. The van der Waals surface area contributed by atoms with Crippen molar-refractivity contribution in [2.24, 2.45) is 10.2 Å². The molecule has 0 aliphatic carbocycles. The molecule has 0 amide bonds. The van der Waals surface area contributed by atoms with Crippen molar-refractivity contribution in [1.82, 2.24) is 19.9 Å². The second kappa shape index (κ2) is 19.2. The van der Waals surface area contributed by atoms with Crippen LogP contribution in [-0.4, -0.2) is 88.0 Å². The van der Waals surface area contributed by atoms with Crippen LogP contribution in [0.25, 0.3) is 10.8 Å². The number of benzene rings is 4. The van der Waals surface area contributed by atoms with Crippen LogP contribution < -0.4 is 10.6 Å². The minimum atomic E-state index is -5.05. The highest BCUT2D eigenvalue weighted by Crippen LogP contribution is 2.46. The van der Waals surface area contributed by atoms with Gasteiger partial charge in [0, 0.05) is 33.1 Å². The molecular weight excluding hydrogens is 844 g/mol. The third-order valence-electron chi connectivity index (χ3n) is 7.35. The summed E-state index contributed by atoms with van der Waals surface area (Å²) >= 11 is 7.44. The number of halogens is 1. The molecule has 0 atom stereocenters.